The van der Waals surface area contributed by atoms with Gasteiger partial charge in [-0.3, -0.25) is 9.59 Å². The van der Waals surface area contributed by atoms with E-state index in [0.29, 0.717) is 19.5 Å². The first kappa shape index (κ1) is 12.0. The van der Waals surface area contributed by atoms with E-state index in [2.05, 4.69) is 0 Å². The minimum atomic E-state index is -0.781. The molecule has 0 aromatic heterocycles. The van der Waals surface area contributed by atoms with Crippen LogP contribution in [0, 0.1) is 11.8 Å². The molecule has 0 aromatic rings. The van der Waals surface area contributed by atoms with E-state index in [1.54, 1.807) is 4.90 Å². The van der Waals surface area contributed by atoms with Crippen molar-refractivity contribution >= 4 is 11.9 Å². The zero-order valence-corrected chi connectivity index (χ0v) is 9.40. The third kappa shape index (κ3) is 2.94. The second-order valence-corrected chi connectivity index (χ2v) is 4.27. The highest BCUT2D eigenvalue weighted by molar-refractivity contribution is 5.79. The number of carbonyl (C=O) groups excluding carboxylic acids is 1. The van der Waals surface area contributed by atoms with Crippen LogP contribution in [0.15, 0.2) is 0 Å². The van der Waals surface area contributed by atoms with Crippen LogP contribution in [0.25, 0.3) is 0 Å². The Balaban J connectivity index is 2.56. The molecule has 0 aliphatic carbocycles. The van der Waals surface area contributed by atoms with Crippen LogP contribution in [-0.4, -0.2) is 35.0 Å². The summed E-state index contributed by atoms with van der Waals surface area (Å²) >= 11 is 0. The normalized spacial score (nSPS) is 23.6. The third-order valence-corrected chi connectivity index (χ3v) is 3.12. The lowest BCUT2D eigenvalue weighted by atomic mass is 9.96. The standard InChI is InChI=1S/C11H19NO3/c1-3-8(2)10(13)12-6-4-5-9(7-12)11(14)15/h8-9H,3-7H2,1-2H3,(H,14,15)/t8-,9+/m0/s1. The maximum absolute atomic E-state index is 11.8. The fourth-order valence-corrected chi connectivity index (χ4v) is 1.87. The first-order valence-corrected chi connectivity index (χ1v) is 5.57. The van der Waals surface area contributed by atoms with Gasteiger partial charge in [-0.1, -0.05) is 13.8 Å². The number of hydrogen-bond donors (Lipinski definition) is 1. The Bertz CT molecular complexity index is 252. The van der Waals surface area contributed by atoms with Gasteiger partial charge in [0.2, 0.25) is 5.91 Å². The van der Waals surface area contributed by atoms with E-state index < -0.39 is 5.97 Å². The van der Waals surface area contributed by atoms with Crippen molar-refractivity contribution in [3.63, 3.8) is 0 Å². The smallest absolute Gasteiger partial charge is 0.308 e. The summed E-state index contributed by atoms with van der Waals surface area (Å²) in [6.45, 7) is 4.97. The molecule has 0 unspecified atom stereocenters. The van der Waals surface area contributed by atoms with Gasteiger partial charge in [-0.2, -0.15) is 0 Å². The summed E-state index contributed by atoms with van der Waals surface area (Å²) in [5.41, 5.74) is 0. The van der Waals surface area contributed by atoms with Gasteiger partial charge in [0.1, 0.15) is 0 Å². The molecule has 0 bridgehead atoms. The number of carboxylic acid groups (broad SMARTS) is 1. The van der Waals surface area contributed by atoms with Crippen molar-refractivity contribution in [1.82, 2.24) is 4.90 Å². The monoisotopic (exact) mass is 213 g/mol. The van der Waals surface area contributed by atoms with Crippen molar-refractivity contribution < 1.29 is 14.7 Å². The Labute approximate surface area is 90.3 Å². The zero-order chi connectivity index (χ0) is 11.4. The van der Waals surface area contributed by atoms with Gasteiger partial charge in [-0.25, -0.2) is 0 Å². The lowest BCUT2D eigenvalue weighted by Gasteiger charge is -2.32. The van der Waals surface area contributed by atoms with Crippen LogP contribution in [0.1, 0.15) is 33.1 Å². The van der Waals surface area contributed by atoms with Gasteiger partial charge in [-0.15, -0.1) is 0 Å². The van der Waals surface area contributed by atoms with E-state index in [4.69, 9.17) is 5.11 Å². The second kappa shape index (κ2) is 5.14. The van der Waals surface area contributed by atoms with Gasteiger partial charge in [0.15, 0.2) is 0 Å². The first-order valence-electron chi connectivity index (χ1n) is 5.57. The van der Waals surface area contributed by atoms with Crippen molar-refractivity contribution in [1.29, 1.82) is 0 Å². The molecule has 1 aliphatic heterocycles. The van der Waals surface area contributed by atoms with Gasteiger partial charge in [0, 0.05) is 19.0 Å². The summed E-state index contributed by atoms with van der Waals surface area (Å²) in [5.74, 6) is -1.04. The molecular weight excluding hydrogens is 194 g/mol. The Morgan fingerprint density at radius 3 is 2.73 bits per heavy atom. The molecule has 4 nitrogen and oxygen atoms in total. The molecule has 15 heavy (non-hydrogen) atoms. The molecule has 2 atom stereocenters. The van der Waals surface area contributed by atoms with Gasteiger partial charge in [0.05, 0.1) is 5.92 Å². The van der Waals surface area contributed by atoms with E-state index in [1.807, 2.05) is 13.8 Å². The van der Waals surface area contributed by atoms with Gasteiger partial charge in [0.25, 0.3) is 0 Å². The molecule has 0 saturated carbocycles. The van der Waals surface area contributed by atoms with Crippen LogP contribution >= 0.6 is 0 Å². The SMILES string of the molecule is CC[C@H](C)C(=O)N1CCC[C@@H](C(=O)O)C1. The Hall–Kier alpha value is -1.06. The summed E-state index contributed by atoms with van der Waals surface area (Å²) in [5, 5.41) is 8.90. The number of piperidine rings is 1. The Morgan fingerprint density at radius 2 is 2.20 bits per heavy atom. The van der Waals surface area contributed by atoms with Crippen LogP contribution < -0.4 is 0 Å². The van der Waals surface area contributed by atoms with E-state index in [-0.39, 0.29) is 17.7 Å². The van der Waals surface area contributed by atoms with Crippen LogP contribution in [0.2, 0.25) is 0 Å². The molecule has 1 saturated heterocycles. The van der Waals surface area contributed by atoms with Crippen molar-refractivity contribution in [3.05, 3.63) is 0 Å². The van der Waals surface area contributed by atoms with Crippen LogP contribution in [0.4, 0.5) is 0 Å². The largest absolute Gasteiger partial charge is 0.481 e. The lowest BCUT2D eigenvalue weighted by Crippen LogP contribution is -2.44. The van der Waals surface area contributed by atoms with Gasteiger partial charge < -0.3 is 10.0 Å². The zero-order valence-electron chi connectivity index (χ0n) is 9.40. The molecule has 1 heterocycles. The molecule has 1 rings (SSSR count). The van der Waals surface area contributed by atoms with Crippen molar-refractivity contribution in [2.24, 2.45) is 11.8 Å². The molecular formula is C11H19NO3. The number of nitrogens with zero attached hydrogens (tertiary/aromatic N) is 1. The van der Waals surface area contributed by atoms with Gasteiger partial charge >= 0.3 is 5.97 Å². The average Bonchev–Trinajstić information content (AvgIpc) is 2.27. The topological polar surface area (TPSA) is 57.6 Å². The molecule has 1 fully saturated rings. The van der Waals surface area contributed by atoms with Crippen molar-refractivity contribution in [2.75, 3.05) is 13.1 Å². The average molecular weight is 213 g/mol. The van der Waals surface area contributed by atoms with Crippen molar-refractivity contribution in [3.8, 4) is 0 Å². The molecule has 1 aliphatic rings. The highest BCUT2D eigenvalue weighted by Gasteiger charge is 2.29. The number of carboxylic acids is 1. The number of likely N-dealkylation sites (tertiary alicyclic amines) is 1. The number of carbonyl (C=O) groups is 2. The predicted molar refractivity (Wildman–Crippen MR) is 56.4 cm³/mol. The number of hydrogen-bond acceptors (Lipinski definition) is 2. The van der Waals surface area contributed by atoms with E-state index in [0.717, 1.165) is 12.8 Å². The molecule has 86 valence electrons. The molecule has 1 amide bonds. The van der Waals surface area contributed by atoms with E-state index in [1.165, 1.54) is 0 Å². The molecule has 0 spiro atoms. The van der Waals surface area contributed by atoms with Crippen LogP contribution in [-0.2, 0) is 9.59 Å². The fourth-order valence-electron chi connectivity index (χ4n) is 1.87. The minimum Gasteiger partial charge on any atom is -0.481 e. The second-order valence-electron chi connectivity index (χ2n) is 4.27. The number of amides is 1. The summed E-state index contributed by atoms with van der Waals surface area (Å²) in [6, 6.07) is 0. The van der Waals surface area contributed by atoms with Gasteiger partial charge in [-0.05, 0) is 19.3 Å². The lowest BCUT2D eigenvalue weighted by molar-refractivity contribution is -0.146. The molecule has 1 N–H and O–H groups in total. The molecule has 0 aromatic carbocycles. The Kier molecular flexibility index (Phi) is 4.12. The quantitative estimate of drug-likeness (QED) is 0.770. The number of aliphatic carboxylic acids is 1. The predicted octanol–water partition coefficient (Wildman–Crippen LogP) is 1.36. The Morgan fingerprint density at radius 1 is 1.53 bits per heavy atom. The summed E-state index contributed by atoms with van der Waals surface area (Å²) < 4.78 is 0. The maximum Gasteiger partial charge on any atom is 0.308 e. The third-order valence-electron chi connectivity index (χ3n) is 3.12. The van der Waals surface area contributed by atoms with E-state index >= 15 is 0 Å². The van der Waals surface area contributed by atoms with E-state index in [9.17, 15) is 9.59 Å². The van der Waals surface area contributed by atoms with Crippen LogP contribution in [0.5, 0.6) is 0 Å². The minimum absolute atomic E-state index is 0.0116. The fraction of sp³-hybridized carbons (Fsp3) is 0.818. The van der Waals surface area contributed by atoms with Crippen LogP contribution in [0.3, 0.4) is 0 Å². The summed E-state index contributed by atoms with van der Waals surface area (Å²) in [7, 11) is 0. The highest BCUT2D eigenvalue weighted by atomic mass is 16.4. The molecule has 0 radical (unpaired) electrons. The van der Waals surface area contributed by atoms with Crippen molar-refractivity contribution in [2.45, 2.75) is 33.1 Å². The number of rotatable bonds is 3. The first-order chi connectivity index (χ1) is 7.06. The molecule has 4 heteroatoms. The highest BCUT2D eigenvalue weighted by Crippen LogP contribution is 2.19. The summed E-state index contributed by atoms with van der Waals surface area (Å²) in [6.07, 6.45) is 2.31. The maximum atomic E-state index is 11.8. The summed E-state index contributed by atoms with van der Waals surface area (Å²) in [4.78, 5) is 24.4.